The van der Waals surface area contributed by atoms with Crippen molar-refractivity contribution in [2.75, 3.05) is 20.6 Å². The summed E-state index contributed by atoms with van der Waals surface area (Å²) in [6, 6.07) is 11.8. The third-order valence-electron chi connectivity index (χ3n) is 4.24. The maximum absolute atomic E-state index is 12.9. The van der Waals surface area contributed by atoms with Crippen LogP contribution in [0.1, 0.15) is 36.9 Å². The number of hydrogen-bond donors (Lipinski definition) is 1. The lowest BCUT2D eigenvalue weighted by Crippen LogP contribution is -2.35. The van der Waals surface area contributed by atoms with Crippen LogP contribution in [0.3, 0.4) is 0 Å². The van der Waals surface area contributed by atoms with Crippen molar-refractivity contribution >= 4 is 33.2 Å². The van der Waals surface area contributed by atoms with E-state index in [9.17, 15) is 8.42 Å². The van der Waals surface area contributed by atoms with Gasteiger partial charge in [0.15, 0.2) is 0 Å². The second-order valence-corrected chi connectivity index (χ2v) is 9.39. The molecule has 0 aliphatic rings. The van der Waals surface area contributed by atoms with Crippen LogP contribution in [0.5, 0.6) is 0 Å². The Hall–Kier alpha value is -1.11. The van der Waals surface area contributed by atoms with Crippen molar-refractivity contribution < 1.29 is 8.42 Å². The summed E-state index contributed by atoms with van der Waals surface area (Å²) in [4.78, 5) is 2.18. The van der Waals surface area contributed by atoms with E-state index < -0.39 is 16.1 Å². The molecule has 148 valence electrons. The molecule has 1 N–H and O–H groups in total. The summed E-state index contributed by atoms with van der Waals surface area (Å²) in [7, 11) is 0.114. The molecule has 0 aliphatic heterocycles. The quantitative estimate of drug-likeness (QED) is 0.616. The van der Waals surface area contributed by atoms with Crippen molar-refractivity contribution in [2.45, 2.75) is 37.1 Å². The van der Waals surface area contributed by atoms with Gasteiger partial charge in [0.1, 0.15) is 0 Å². The van der Waals surface area contributed by atoms with Crippen LogP contribution in [-0.2, 0) is 16.4 Å². The van der Waals surface area contributed by atoms with Gasteiger partial charge in [-0.1, -0.05) is 54.7 Å². The summed E-state index contributed by atoms with van der Waals surface area (Å²) in [5, 5.41) is 0.840. The predicted octanol–water partition coefficient (Wildman–Crippen LogP) is 4.92. The number of halogens is 2. The molecule has 0 saturated carbocycles. The highest BCUT2D eigenvalue weighted by Gasteiger charge is 2.22. The first kappa shape index (κ1) is 22.2. The fourth-order valence-corrected chi connectivity index (χ4v) is 4.30. The number of hydrogen-bond acceptors (Lipinski definition) is 3. The molecular formula is C20H26Cl2N2O2S. The Bertz CT molecular complexity index is 853. The zero-order valence-electron chi connectivity index (χ0n) is 15.9. The number of rotatable bonds is 9. The molecule has 0 amide bonds. The van der Waals surface area contributed by atoms with Gasteiger partial charge in [-0.2, -0.15) is 0 Å². The maximum Gasteiger partial charge on any atom is 0.241 e. The van der Waals surface area contributed by atoms with E-state index in [1.807, 2.05) is 31.1 Å². The van der Waals surface area contributed by atoms with E-state index in [0.29, 0.717) is 16.6 Å². The van der Waals surface area contributed by atoms with Gasteiger partial charge in [-0.15, -0.1) is 0 Å². The molecule has 0 radical (unpaired) electrons. The minimum atomic E-state index is -3.67. The zero-order chi connectivity index (χ0) is 20.0. The molecule has 0 fully saturated rings. The Balaban J connectivity index is 2.25. The van der Waals surface area contributed by atoms with Crippen LogP contribution in [-0.4, -0.2) is 34.0 Å². The summed E-state index contributed by atoms with van der Waals surface area (Å²) in [5.74, 6) is 0. The lowest BCUT2D eigenvalue weighted by Gasteiger charge is -2.23. The molecule has 2 aromatic carbocycles. The van der Waals surface area contributed by atoms with Gasteiger partial charge in [0.2, 0.25) is 10.0 Å². The molecule has 4 nitrogen and oxygen atoms in total. The normalized spacial score (nSPS) is 13.1. The van der Waals surface area contributed by atoms with Gasteiger partial charge in [0.25, 0.3) is 0 Å². The first-order valence-electron chi connectivity index (χ1n) is 8.94. The molecule has 7 heteroatoms. The topological polar surface area (TPSA) is 49.4 Å². The molecule has 0 bridgehead atoms. The van der Waals surface area contributed by atoms with Gasteiger partial charge >= 0.3 is 0 Å². The Morgan fingerprint density at radius 1 is 1.04 bits per heavy atom. The average Bonchev–Trinajstić information content (AvgIpc) is 2.61. The molecule has 0 spiro atoms. The van der Waals surface area contributed by atoms with Crippen molar-refractivity contribution in [1.29, 1.82) is 0 Å². The lowest BCUT2D eigenvalue weighted by atomic mass is 10.1. The van der Waals surface area contributed by atoms with Crippen LogP contribution in [0.4, 0.5) is 0 Å². The fourth-order valence-electron chi connectivity index (χ4n) is 2.78. The smallest absolute Gasteiger partial charge is 0.241 e. The molecular weight excluding hydrogens is 403 g/mol. The molecule has 2 aromatic rings. The highest BCUT2D eigenvalue weighted by molar-refractivity contribution is 7.89. The lowest BCUT2D eigenvalue weighted by molar-refractivity contribution is 0.363. The summed E-state index contributed by atoms with van der Waals surface area (Å²) >= 11 is 12.1. The number of benzene rings is 2. The van der Waals surface area contributed by atoms with Crippen molar-refractivity contribution in [3.63, 3.8) is 0 Å². The highest BCUT2D eigenvalue weighted by Crippen LogP contribution is 2.27. The molecule has 0 saturated heterocycles. The Morgan fingerprint density at radius 2 is 1.70 bits per heavy atom. The van der Waals surface area contributed by atoms with Crippen molar-refractivity contribution in [3.05, 3.63) is 63.6 Å². The number of unbranched alkanes of at least 4 members (excludes halogenated alkanes) is 1. The number of nitrogens with zero attached hydrogens (tertiary/aromatic N) is 1. The minimum Gasteiger partial charge on any atom is -0.307 e. The first-order valence-corrected chi connectivity index (χ1v) is 11.2. The standard InChI is InChI=1S/C20H26Cl2N2O2S/c1-4-5-6-15-7-10-17(11-8-15)27(25,26)23-20(14-24(2)3)16-9-12-18(21)19(22)13-16/h7-13,20,23H,4-6,14H2,1-3H3. The Morgan fingerprint density at radius 3 is 2.26 bits per heavy atom. The maximum atomic E-state index is 12.9. The summed E-state index contributed by atoms with van der Waals surface area (Å²) < 4.78 is 28.6. The predicted molar refractivity (Wildman–Crippen MR) is 113 cm³/mol. The van der Waals surface area contributed by atoms with E-state index in [-0.39, 0.29) is 4.90 Å². The highest BCUT2D eigenvalue weighted by atomic mass is 35.5. The Kier molecular flexibility index (Phi) is 8.13. The van der Waals surface area contributed by atoms with Crippen LogP contribution in [0.2, 0.25) is 10.0 Å². The summed E-state index contributed by atoms with van der Waals surface area (Å²) in [6.07, 6.45) is 3.15. The van der Waals surface area contributed by atoms with Gasteiger partial charge in [-0.3, -0.25) is 0 Å². The average molecular weight is 429 g/mol. The second kappa shape index (κ2) is 9.89. The van der Waals surface area contributed by atoms with Gasteiger partial charge in [-0.05, 0) is 62.3 Å². The number of nitrogens with one attached hydrogen (secondary N) is 1. The molecule has 1 unspecified atom stereocenters. The van der Waals surface area contributed by atoms with Gasteiger partial charge in [-0.25, -0.2) is 13.1 Å². The minimum absolute atomic E-state index is 0.256. The van der Waals surface area contributed by atoms with Gasteiger partial charge < -0.3 is 4.90 Å². The fraction of sp³-hybridized carbons (Fsp3) is 0.400. The number of sulfonamides is 1. The van der Waals surface area contributed by atoms with E-state index in [1.54, 1.807) is 30.3 Å². The van der Waals surface area contributed by atoms with Crippen LogP contribution in [0.25, 0.3) is 0 Å². The van der Waals surface area contributed by atoms with E-state index in [4.69, 9.17) is 23.2 Å². The monoisotopic (exact) mass is 428 g/mol. The van der Waals surface area contributed by atoms with Crippen LogP contribution in [0.15, 0.2) is 47.4 Å². The van der Waals surface area contributed by atoms with E-state index in [2.05, 4.69) is 11.6 Å². The van der Waals surface area contributed by atoms with Crippen molar-refractivity contribution in [2.24, 2.45) is 0 Å². The number of aryl methyl sites for hydroxylation is 1. The third kappa shape index (κ3) is 6.47. The van der Waals surface area contributed by atoms with E-state index in [0.717, 1.165) is 30.4 Å². The molecule has 0 aromatic heterocycles. The largest absolute Gasteiger partial charge is 0.307 e. The van der Waals surface area contributed by atoms with Crippen molar-refractivity contribution in [3.8, 4) is 0 Å². The molecule has 2 rings (SSSR count). The van der Waals surface area contributed by atoms with Crippen LogP contribution >= 0.6 is 23.2 Å². The zero-order valence-corrected chi connectivity index (χ0v) is 18.2. The summed E-state index contributed by atoms with van der Waals surface area (Å²) in [6.45, 7) is 2.63. The SMILES string of the molecule is CCCCc1ccc(S(=O)(=O)NC(CN(C)C)c2ccc(Cl)c(Cl)c2)cc1. The molecule has 0 heterocycles. The Labute approximate surface area is 172 Å². The molecule has 1 atom stereocenters. The molecule has 0 aliphatic carbocycles. The first-order chi connectivity index (χ1) is 12.7. The van der Waals surface area contributed by atoms with Crippen LogP contribution in [0, 0.1) is 0 Å². The van der Waals surface area contributed by atoms with Crippen LogP contribution < -0.4 is 4.72 Å². The van der Waals surface area contributed by atoms with Crippen molar-refractivity contribution in [1.82, 2.24) is 9.62 Å². The molecule has 27 heavy (non-hydrogen) atoms. The number of likely N-dealkylation sites (N-methyl/N-ethyl adjacent to an activating group) is 1. The van der Waals surface area contributed by atoms with Gasteiger partial charge in [0, 0.05) is 6.54 Å². The summed E-state index contributed by atoms with van der Waals surface area (Å²) in [5.41, 5.74) is 1.91. The third-order valence-corrected chi connectivity index (χ3v) is 6.47. The van der Waals surface area contributed by atoms with E-state index >= 15 is 0 Å². The van der Waals surface area contributed by atoms with Gasteiger partial charge in [0.05, 0.1) is 21.0 Å². The van der Waals surface area contributed by atoms with E-state index in [1.165, 1.54) is 0 Å². The second-order valence-electron chi connectivity index (χ2n) is 6.86.